The van der Waals surface area contributed by atoms with Gasteiger partial charge in [0.05, 0.1) is 6.42 Å². The van der Waals surface area contributed by atoms with Gasteiger partial charge in [0.1, 0.15) is 0 Å². The summed E-state index contributed by atoms with van der Waals surface area (Å²) in [5.41, 5.74) is 0.441. The lowest BCUT2D eigenvalue weighted by molar-refractivity contribution is -0.148. The SMILES string of the molecule is CCNC(=O)NC(=O)COC(=O)CCC(=O)c1ccc(Cl)cc1. The van der Waals surface area contributed by atoms with Crippen LogP contribution in [0.5, 0.6) is 0 Å². The quantitative estimate of drug-likeness (QED) is 0.581. The summed E-state index contributed by atoms with van der Waals surface area (Å²) in [5.74, 6) is -1.67. The molecule has 23 heavy (non-hydrogen) atoms. The second-order valence-electron chi connectivity index (χ2n) is 4.50. The molecular formula is C15H17ClN2O5. The summed E-state index contributed by atoms with van der Waals surface area (Å²) in [6, 6.07) is 5.63. The highest BCUT2D eigenvalue weighted by atomic mass is 35.5. The zero-order chi connectivity index (χ0) is 17.2. The Balaban J connectivity index is 2.28. The van der Waals surface area contributed by atoms with Gasteiger partial charge in [0.2, 0.25) is 0 Å². The van der Waals surface area contributed by atoms with Crippen molar-refractivity contribution < 1.29 is 23.9 Å². The van der Waals surface area contributed by atoms with Gasteiger partial charge in [-0.05, 0) is 31.2 Å². The molecule has 0 saturated heterocycles. The van der Waals surface area contributed by atoms with E-state index in [2.05, 4.69) is 10.1 Å². The van der Waals surface area contributed by atoms with E-state index in [0.29, 0.717) is 17.1 Å². The van der Waals surface area contributed by atoms with Gasteiger partial charge in [0.25, 0.3) is 5.91 Å². The Morgan fingerprint density at radius 1 is 1.09 bits per heavy atom. The van der Waals surface area contributed by atoms with E-state index in [0.717, 1.165) is 0 Å². The van der Waals surface area contributed by atoms with E-state index < -0.39 is 24.5 Å². The van der Waals surface area contributed by atoms with Crippen molar-refractivity contribution in [1.82, 2.24) is 10.6 Å². The molecule has 0 fully saturated rings. The smallest absolute Gasteiger partial charge is 0.321 e. The van der Waals surface area contributed by atoms with Gasteiger partial charge in [0, 0.05) is 23.6 Å². The van der Waals surface area contributed by atoms with Crippen LogP contribution in [-0.2, 0) is 14.3 Å². The van der Waals surface area contributed by atoms with Crippen molar-refractivity contribution in [3.8, 4) is 0 Å². The lowest BCUT2D eigenvalue weighted by Gasteiger charge is -2.06. The summed E-state index contributed by atoms with van der Waals surface area (Å²) < 4.78 is 4.68. The van der Waals surface area contributed by atoms with E-state index >= 15 is 0 Å². The predicted octanol–water partition coefficient (Wildman–Crippen LogP) is 1.69. The van der Waals surface area contributed by atoms with Crippen LogP contribution in [0.4, 0.5) is 4.79 Å². The molecule has 2 N–H and O–H groups in total. The Labute approximate surface area is 138 Å². The van der Waals surface area contributed by atoms with Gasteiger partial charge in [-0.15, -0.1) is 0 Å². The summed E-state index contributed by atoms with van der Waals surface area (Å²) in [5, 5.41) is 4.86. The summed E-state index contributed by atoms with van der Waals surface area (Å²) in [6.07, 6.45) is -0.200. The Hall–Kier alpha value is -2.41. The summed E-state index contributed by atoms with van der Waals surface area (Å²) >= 11 is 5.72. The maximum absolute atomic E-state index is 11.8. The largest absolute Gasteiger partial charge is 0.456 e. The van der Waals surface area contributed by atoms with E-state index in [9.17, 15) is 19.2 Å². The number of esters is 1. The molecule has 124 valence electrons. The zero-order valence-electron chi connectivity index (χ0n) is 12.6. The molecule has 1 aromatic carbocycles. The molecule has 0 aliphatic carbocycles. The van der Waals surface area contributed by atoms with E-state index in [1.807, 2.05) is 5.32 Å². The number of halogens is 1. The molecule has 7 nitrogen and oxygen atoms in total. The minimum atomic E-state index is -0.742. The fourth-order valence-corrected chi connectivity index (χ4v) is 1.71. The van der Waals surface area contributed by atoms with Gasteiger partial charge in [-0.1, -0.05) is 11.6 Å². The molecular weight excluding hydrogens is 324 g/mol. The molecule has 0 heterocycles. The fourth-order valence-electron chi connectivity index (χ4n) is 1.58. The summed E-state index contributed by atoms with van der Waals surface area (Å²) in [6.45, 7) is 1.48. The van der Waals surface area contributed by atoms with Crippen LogP contribution in [0.2, 0.25) is 5.02 Å². The molecule has 0 radical (unpaired) electrons. The maximum Gasteiger partial charge on any atom is 0.321 e. The highest BCUT2D eigenvalue weighted by molar-refractivity contribution is 6.30. The number of ketones is 1. The summed E-state index contributed by atoms with van der Waals surface area (Å²) in [7, 11) is 0. The number of hydrogen-bond acceptors (Lipinski definition) is 5. The number of carbonyl (C=O) groups excluding carboxylic acids is 4. The van der Waals surface area contributed by atoms with Gasteiger partial charge in [-0.3, -0.25) is 19.7 Å². The second kappa shape index (κ2) is 9.58. The molecule has 1 aromatic rings. The number of nitrogens with one attached hydrogen (secondary N) is 2. The molecule has 8 heteroatoms. The Morgan fingerprint density at radius 2 is 1.74 bits per heavy atom. The highest BCUT2D eigenvalue weighted by Gasteiger charge is 2.13. The lowest BCUT2D eigenvalue weighted by Crippen LogP contribution is -2.41. The number of urea groups is 1. The maximum atomic E-state index is 11.8. The standard InChI is InChI=1S/C15H17ClN2O5/c1-2-17-15(22)18-13(20)9-23-14(21)8-7-12(19)10-3-5-11(16)6-4-10/h3-6H,2,7-9H2,1H3,(H2,17,18,20,22). The van der Waals surface area contributed by atoms with E-state index in [1.165, 1.54) is 0 Å². The van der Waals surface area contributed by atoms with Gasteiger partial charge in [-0.2, -0.15) is 0 Å². The van der Waals surface area contributed by atoms with Crippen molar-refractivity contribution in [3.05, 3.63) is 34.9 Å². The average Bonchev–Trinajstić information content (AvgIpc) is 2.51. The molecule has 1 rings (SSSR count). The van der Waals surface area contributed by atoms with E-state index in [1.54, 1.807) is 31.2 Å². The average molecular weight is 341 g/mol. The fraction of sp³-hybridized carbons (Fsp3) is 0.333. The molecule has 0 aromatic heterocycles. The number of amides is 3. The van der Waals surface area contributed by atoms with Crippen LogP contribution in [0.1, 0.15) is 30.1 Å². The highest BCUT2D eigenvalue weighted by Crippen LogP contribution is 2.12. The van der Waals surface area contributed by atoms with Crippen LogP contribution in [0.25, 0.3) is 0 Å². The third-order valence-corrected chi connectivity index (χ3v) is 2.93. The first kappa shape index (κ1) is 18.6. The number of benzene rings is 1. The van der Waals surface area contributed by atoms with Crippen molar-refractivity contribution in [1.29, 1.82) is 0 Å². The van der Waals surface area contributed by atoms with Crippen LogP contribution in [0.15, 0.2) is 24.3 Å². The topological polar surface area (TPSA) is 102 Å². The second-order valence-corrected chi connectivity index (χ2v) is 4.93. The van der Waals surface area contributed by atoms with Crippen molar-refractivity contribution >= 4 is 35.3 Å². The lowest BCUT2D eigenvalue weighted by atomic mass is 10.1. The monoisotopic (exact) mass is 340 g/mol. The molecule has 0 aliphatic rings. The zero-order valence-corrected chi connectivity index (χ0v) is 13.3. The molecule has 0 saturated carbocycles. The van der Waals surface area contributed by atoms with E-state index in [4.69, 9.17) is 11.6 Å². The van der Waals surface area contributed by atoms with Crippen molar-refractivity contribution in [3.63, 3.8) is 0 Å². The van der Waals surface area contributed by atoms with Crippen LogP contribution in [0.3, 0.4) is 0 Å². The third kappa shape index (κ3) is 7.42. The van der Waals surface area contributed by atoms with Crippen molar-refractivity contribution in [2.75, 3.05) is 13.2 Å². The van der Waals surface area contributed by atoms with Crippen LogP contribution in [-0.4, -0.2) is 36.8 Å². The van der Waals surface area contributed by atoms with Crippen LogP contribution in [0, 0.1) is 0 Å². The third-order valence-electron chi connectivity index (χ3n) is 2.68. The number of ether oxygens (including phenoxy) is 1. The Kier molecular flexibility index (Phi) is 7.76. The first-order valence-corrected chi connectivity index (χ1v) is 7.32. The van der Waals surface area contributed by atoms with Gasteiger partial charge >= 0.3 is 12.0 Å². The number of rotatable bonds is 7. The molecule has 0 unspecified atom stereocenters. The first-order chi connectivity index (χ1) is 10.9. The minimum Gasteiger partial charge on any atom is -0.456 e. The molecule has 0 atom stereocenters. The predicted molar refractivity (Wildman–Crippen MR) is 83.2 cm³/mol. The summed E-state index contributed by atoms with van der Waals surface area (Å²) in [4.78, 5) is 45.7. The normalized spacial score (nSPS) is 9.83. The van der Waals surface area contributed by atoms with E-state index in [-0.39, 0.29) is 18.6 Å². The van der Waals surface area contributed by atoms with Crippen LogP contribution >= 0.6 is 11.6 Å². The van der Waals surface area contributed by atoms with Crippen LogP contribution < -0.4 is 10.6 Å². The van der Waals surface area contributed by atoms with Gasteiger partial charge in [-0.25, -0.2) is 4.79 Å². The number of Topliss-reactive ketones (excluding diaryl/α,β-unsaturated/α-hetero) is 1. The first-order valence-electron chi connectivity index (χ1n) is 6.94. The molecule has 3 amide bonds. The van der Waals surface area contributed by atoms with Crippen molar-refractivity contribution in [2.45, 2.75) is 19.8 Å². The molecule has 0 bridgehead atoms. The Bertz CT molecular complexity index is 586. The van der Waals surface area contributed by atoms with Gasteiger partial charge in [0.15, 0.2) is 12.4 Å². The number of hydrogen-bond donors (Lipinski definition) is 2. The Morgan fingerprint density at radius 3 is 2.35 bits per heavy atom. The molecule has 0 aliphatic heterocycles. The number of imide groups is 1. The molecule has 0 spiro atoms. The van der Waals surface area contributed by atoms with Gasteiger partial charge < -0.3 is 10.1 Å². The number of carbonyl (C=O) groups is 4. The minimum absolute atomic E-state index is 0.0432. The van der Waals surface area contributed by atoms with Crippen molar-refractivity contribution in [2.24, 2.45) is 0 Å².